The van der Waals surface area contributed by atoms with Crippen molar-refractivity contribution in [2.45, 2.75) is 31.5 Å². The van der Waals surface area contributed by atoms with E-state index >= 15 is 0 Å². The predicted molar refractivity (Wildman–Crippen MR) is 130 cm³/mol. The number of hydrogen-bond acceptors (Lipinski definition) is 6. The third-order valence-electron chi connectivity index (χ3n) is 4.85. The molecule has 11 heteroatoms. The van der Waals surface area contributed by atoms with E-state index in [1.807, 2.05) is 13.8 Å². The standard InChI is InChI=1S/C21H26Cl2N6O2S/c1-3-7-24-19(30)13-32-20-26-17(23)11-18(27-20)28-8-9-29(14(2)12-28)21(31)25-16-6-4-5-15(22)10-16/h4-6,10-11,14H,3,7-9,12-13H2,1-2H3,(H,24,30)(H,25,31)/t14-/m0/s1. The average molecular weight is 497 g/mol. The van der Waals surface area contributed by atoms with Gasteiger partial charge in [0.15, 0.2) is 5.16 Å². The molecule has 2 heterocycles. The predicted octanol–water partition coefficient (Wildman–Crippen LogP) is 4.14. The summed E-state index contributed by atoms with van der Waals surface area (Å²) in [5.41, 5.74) is 0.657. The normalized spacial score (nSPS) is 16.1. The summed E-state index contributed by atoms with van der Waals surface area (Å²) in [7, 11) is 0. The number of carbonyl (C=O) groups is 2. The molecule has 0 aliphatic carbocycles. The van der Waals surface area contributed by atoms with E-state index < -0.39 is 0 Å². The summed E-state index contributed by atoms with van der Waals surface area (Å²) < 4.78 is 0. The zero-order valence-electron chi connectivity index (χ0n) is 18.0. The van der Waals surface area contributed by atoms with Crippen molar-refractivity contribution in [2.75, 3.05) is 42.1 Å². The van der Waals surface area contributed by atoms with Gasteiger partial charge < -0.3 is 20.4 Å². The second-order valence-electron chi connectivity index (χ2n) is 7.40. The first kappa shape index (κ1) is 24.4. The average Bonchev–Trinajstić information content (AvgIpc) is 2.75. The molecule has 8 nitrogen and oxygen atoms in total. The molecule has 0 unspecified atom stereocenters. The van der Waals surface area contributed by atoms with E-state index in [2.05, 4.69) is 25.5 Å². The van der Waals surface area contributed by atoms with E-state index in [0.29, 0.717) is 53.0 Å². The number of nitrogens with zero attached hydrogens (tertiary/aromatic N) is 4. The molecule has 1 fully saturated rings. The molecule has 2 N–H and O–H groups in total. The Morgan fingerprint density at radius 2 is 2.03 bits per heavy atom. The number of nitrogens with one attached hydrogen (secondary N) is 2. The Labute approximate surface area is 202 Å². The lowest BCUT2D eigenvalue weighted by Gasteiger charge is -2.40. The van der Waals surface area contributed by atoms with E-state index in [1.165, 1.54) is 11.8 Å². The second-order valence-corrected chi connectivity index (χ2v) is 9.17. The first-order chi connectivity index (χ1) is 15.4. The minimum Gasteiger partial charge on any atom is -0.355 e. The molecule has 3 amide bonds. The van der Waals surface area contributed by atoms with Gasteiger partial charge in [-0.25, -0.2) is 14.8 Å². The van der Waals surface area contributed by atoms with Crippen molar-refractivity contribution in [3.8, 4) is 0 Å². The summed E-state index contributed by atoms with van der Waals surface area (Å²) >= 11 is 13.5. The van der Waals surface area contributed by atoms with Crippen molar-refractivity contribution in [1.82, 2.24) is 20.2 Å². The molecule has 0 radical (unpaired) electrons. The third kappa shape index (κ3) is 6.88. The number of piperazine rings is 1. The van der Waals surface area contributed by atoms with Gasteiger partial charge in [-0.1, -0.05) is 48.0 Å². The zero-order chi connectivity index (χ0) is 23.1. The number of amides is 3. The van der Waals surface area contributed by atoms with Crippen LogP contribution < -0.4 is 15.5 Å². The first-order valence-electron chi connectivity index (χ1n) is 10.4. The minimum absolute atomic E-state index is 0.0485. The quantitative estimate of drug-likeness (QED) is 0.340. The van der Waals surface area contributed by atoms with E-state index in [1.54, 1.807) is 35.2 Å². The van der Waals surface area contributed by atoms with Crippen molar-refractivity contribution in [2.24, 2.45) is 0 Å². The van der Waals surface area contributed by atoms with Gasteiger partial charge in [-0.3, -0.25) is 4.79 Å². The number of anilines is 2. The molecule has 0 saturated carbocycles. The Balaban J connectivity index is 1.60. The van der Waals surface area contributed by atoms with Crippen LogP contribution in [-0.2, 0) is 4.79 Å². The van der Waals surface area contributed by atoms with Gasteiger partial charge in [0, 0.05) is 49.0 Å². The zero-order valence-corrected chi connectivity index (χ0v) is 20.3. The Morgan fingerprint density at radius 1 is 1.22 bits per heavy atom. The van der Waals surface area contributed by atoms with Crippen LogP contribution in [0.4, 0.5) is 16.3 Å². The number of halogens is 2. The van der Waals surface area contributed by atoms with Crippen LogP contribution >= 0.6 is 35.0 Å². The van der Waals surface area contributed by atoms with Crippen LogP contribution in [-0.4, -0.2) is 64.8 Å². The monoisotopic (exact) mass is 496 g/mol. The van der Waals surface area contributed by atoms with E-state index in [0.717, 1.165) is 6.42 Å². The SMILES string of the molecule is CCCNC(=O)CSc1nc(Cl)cc(N2CCN(C(=O)Nc3cccc(Cl)c3)[C@@H](C)C2)n1. The Morgan fingerprint density at radius 3 is 2.75 bits per heavy atom. The maximum Gasteiger partial charge on any atom is 0.322 e. The number of rotatable bonds is 7. The van der Waals surface area contributed by atoms with Gasteiger partial charge in [-0.05, 0) is 31.5 Å². The molecule has 1 atom stereocenters. The maximum atomic E-state index is 12.7. The molecule has 0 spiro atoms. The van der Waals surface area contributed by atoms with Gasteiger partial charge in [-0.15, -0.1) is 0 Å². The molecule has 1 aromatic heterocycles. The highest BCUT2D eigenvalue weighted by Gasteiger charge is 2.28. The third-order valence-corrected chi connectivity index (χ3v) is 6.13. The summed E-state index contributed by atoms with van der Waals surface area (Å²) in [6.07, 6.45) is 0.884. The molecule has 1 saturated heterocycles. The molecule has 172 valence electrons. The molecular weight excluding hydrogens is 471 g/mol. The smallest absolute Gasteiger partial charge is 0.322 e. The highest BCUT2D eigenvalue weighted by Crippen LogP contribution is 2.24. The summed E-state index contributed by atoms with van der Waals surface area (Å²) in [4.78, 5) is 37.2. The number of urea groups is 1. The molecule has 1 aliphatic heterocycles. The molecular formula is C21H26Cl2N6O2S. The topological polar surface area (TPSA) is 90.5 Å². The molecule has 32 heavy (non-hydrogen) atoms. The van der Waals surface area contributed by atoms with Crippen molar-refractivity contribution in [1.29, 1.82) is 0 Å². The fraction of sp³-hybridized carbons (Fsp3) is 0.429. The van der Waals surface area contributed by atoms with Crippen LogP contribution in [0.1, 0.15) is 20.3 Å². The lowest BCUT2D eigenvalue weighted by atomic mass is 10.2. The summed E-state index contributed by atoms with van der Waals surface area (Å²) in [5, 5.41) is 7.06. The van der Waals surface area contributed by atoms with Crippen LogP contribution in [0.25, 0.3) is 0 Å². The number of benzene rings is 1. The highest BCUT2D eigenvalue weighted by atomic mass is 35.5. The molecule has 2 aromatic rings. The lowest BCUT2D eigenvalue weighted by molar-refractivity contribution is -0.118. The Bertz CT molecular complexity index is 964. The van der Waals surface area contributed by atoms with Gasteiger partial charge in [-0.2, -0.15) is 0 Å². The van der Waals surface area contributed by atoms with E-state index in [9.17, 15) is 9.59 Å². The summed E-state index contributed by atoms with van der Waals surface area (Å²) in [6.45, 7) is 6.35. The number of carbonyl (C=O) groups excluding carboxylic acids is 2. The van der Waals surface area contributed by atoms with Gasteiger partial charge >= 0.3 is 6.03 Å². The summed E-state index contributed by atoms with van der Waals surface area (Å²) in [6, 6.07) is 8.55. The van der Waals surface area contributed by atoms with E-state index in [-0.39, 0.29) is 23.7 Å². The van der Waals surface area contributed by atoms with Gasteiger partial charge in [0.25, 0.3) is 0 Å². The lowest BCUT2D eigenvalue weighted by Crippen LogP contribution is -2.55. The molecule has 0 bridgehead atoms. The highest BCUT2D eigenvalue weighted by molar-refractivity contribution is 7.99. The molecule has 3 rings (SSSR count). The first-order valence-corrected chi connectivity index (χ1v) is 12.1. The van der Waals surface area contributed by atoms with Gasteiger partial charge in [0.1, 0.15) is 11.0 Å². The fourth-order valence-corrected chi connectivity index (χ4v) is 4.39. The van der Waals surface area contributed by atoms with Crippen LogP contribution in [0.2, 0.25) is 10.2 Å². The van der Waals surface area contributed by atoms with Crippen molar-refractivity contribution in [3.05, 3.63) is 40.5 Å². The molecule has 1 aromatic carbocycles. The van der Waals surface area contributed by atoms with Crippen LogP contribution in [0.15, 0.2) is 35.5 Å². The van der Waals surface area contributed by atoms with Gasteiger partial charge in [0.2, 0.25) is 5.91 Å². The van der Waals surface area contributed by atoms with Crippen molar-refractivity contribution < 1.29 is 9.59 Å². The minimum atomic E-state index is -0.172. The Hall–Kier alpha value is -2.23. The molecule has 1 aliphatic rings. The Kier molecular flexibility index (Phi) is 8.84. The van der Waals surface area contributed by atoms with Gasteiger partial charge in [0.05, 0.1) is 5.75 Å². The largest absolute Gasteiger partial charge is 0.355 e. The van der Waals surface area contributed by atoms with Crippen LogP contribution in [0, 0.1) is 0 Å². The van der Waals surface area contributed by atoms with E-state index in [4.69, 9.17) is 23.2 Å². The van der Waals surface area contributed by atoms with Crippen LogP contribution in [0.5, 0.6) is 0 Å². The summed E-state index contributed by atoms with van der Waals surface area (Å²) in [5.74, 6) is 0.853. The maximum absolute atomic E-state index is 12.7. The number of thioether (sulfide) groups is 1. The van der Waals surface area contributed by atoms with Crippen molar-refractivity contribution >= 4 is 58.4 Å². The number of hydrogen-bond donors (Lipinski definition) is 2. The van der Waals surface area contributed by atoms with Crippen LogP contribution in [0.3, 0.4) is 0 Å². The number of aromatic nitrogens is 2. The van der Waals surface area contributed by atoms with Crippen molar-refractivity contribution in [3.63, 3.8) is 0 Å². The fourth-order valence-electron chi connectivity index (χ4n) is 3.29. The second kappa shape index (κ2) is 11.6.